The number of anilines is 1. The summed E-state index contributed by atoms with van der Waals surface area (Å²) in [4.78, 5) is 25.8. The number of nitrogens with zero attached hydrogens (tertiary/aromatic N) is 3. The Morgan fingerprint density at radius 1 is 1.17 bits per heavy atom. The maximum atomic E-state index is 12.5. The van der Waals surface area contributed by atoms with Crippen LogP contribution in [0.5, 0.6) is 11.6 Å². The Balaban J connectivity index is 2.09. The van der Waals surface area contributed by atoms with Crippen molar-refractivity contribution in [3.05, 3.63) is 39.2 Å². The summed E-state index contributed by atoms with van der Waals surface area (Å²) in [6.07, 6.45) is 2.67. The lowest BCUT2D eigenvalue weighted by atomic mass is 10.2. The van der Waals surface area contributed by atoms with Gasteiger partial charge >= 0.3 is 6.03 Å². The number of hydroxylamine groups is 2. The van der Waals surface area contributed by atoms with E-state index in [-0.39, 0.29) is 27.4 Å². The van der Waals surface area contributed by atoms with Gasteiger partial charge in [-0.2, -0.15) is 4.98 Å². The Morgan fingerprint density at radius 2 is 1.93 bits per heavy atom. The summed E-state index contributed by atoms with van der Waals surface area (Å²) in [6, 6.07) is 4.83. The molecule has 0 unspecified atom stereocenters. The predicted octanol–water partition coefficient (Wildman–Crippen LogP) is 6.51. The number of ether oxygens (including phenoxy) is 1. The van der Waals surface area contributed by atoms with E-state index in [1.807, 2.05) is 13.8 Å². The third kappa shape index (κ3) is 6.89. The van der Waals surface area contributed by atoms with E-state index in [1.54, 1.807) is 18.2 Å². The number of nitrogens with one attached hydrogen (secondary N) is 1. The number of amides is 2. The largest absolute Gasteiger partial charge is 0.437 e. The van der Waals surface area contributed by atoms with E-state index in [2.05, 4.69) is 22.2 Å². The molecule has 29 heavy (non-hydrogen) atoms. The summed E-state index contributed by atoms with van der Waals surface area (Å²) >= 11 is 17.8. The zero-order valence-electron chi connectivity index (χ0n) is 16.5. The van der Waals surface area contributed by atoms with Gasteiger partial charge in [0, 0.05) is 5.69 Å². The van der Waals surface area contributed by atoms with E-state index < -0.39 is 0 Å². The molecule has 0 saturated heterocycles. The van der Waals surface area contributed by atoms with Crippen molar-refractivity contribution < 1.29 is 14.4 Å². The maximum Gasteiger partial charge on any atom is 0.345 e. The van der Waals surface area contributed by atoms with Gasteiger partial charge in [0.15, 0.2) is 5.15 Å². The van der Waals surface area contributed by atoms with Crippen molar-refractivity contribution >= 4 is 46.5 Å². The van der Waals surface area contributed by atoms with Crippen LogP contribution in [0.3, 0.4) is 0 Å². The van der Waals surface area contributed by atoms with E-state index in [1.165, 1.54) is 5.06 Å². The smallest absolute Gasteiger partial charge is 0.345 e. The minimum Gasteiger partial charge on any atom is -0.437 e. The molecule has 1 N–H and O–H groups in total. The van der Waals surface area contributed by atoms with Crippen LogP contribution in [-0.4, -0.2) is 34.2 Å². The Bertz CT molecular complexity index is 852. The molecule has 0 saturated carbocycles. The summed E-state index contributed by atoms with van der Waals surface area (Å²) in [7, 11) is 0. The van der Waals surface area contributed by atoms with Gasteiger partial charge in [-0.15, -0.1) is 0 Å². The van der Waals surface area contributed by atoms with Crippen molar-refractivity contribution in [1.29, 1.82) is 0 Å². The number of carbonyl (C=O) groups is 1. The van der Waals surface area contributed by atoms with Crippen LogP contribution in [0.1, 0.15) is 38.7 Å². The van der Waals surface area contributed by atoms with Crippen LogP contribution in [0.25, 0.3) is 0 Å². The molecule has 2 aromatic rings. The lowest BCUT2D eigenvalue weighted by Crippen LogP contribution is -2.36. The van der Waals surface area contributed by atoms with E-state index in [0.717, 1.165) is 24.8 Å². The monoisotopic (exact) mass is 460 g/mol. The number of carbonyl (C=O) groups excluding carboxylic acids is 1. The fourth-order valence-electron chi connectivity index (χ4n) is 2.32. The van der Waals surface area contributed by atoms with Crippen LogP contribution in [0, 0.1) is 6.92 Å². The molecule has 0 bridgehead atoms. The van der Waals surface area contributed by atoms with E-state index in [9.17, 15) is 4.79 Å². The summed E-state index contributed by atoms with van der Waals surface area (Å²) in [5.41, 5.74) is 1.35. The molecule has 0 spiro atoms. The van der Waals surface area contributed by atoms with Gasteiger partial charge in [-0.05, 0) is 55.1 Å². The lowest BCUT2D eigenvalue weighted by Gasteiger charge is -2.22. The molecule has 0 radical (unpaired) electrons. The molecule has 0 atom stereocenters. The van der Waals surface area contributed by atoms with Crippen LogP contribution in [0.15, 0.2) is 18.2 Å². The second-order valence-corrected chi connectivity index (χ2v) is 7.28. The van der Waals surface area contributed by atoms with Crippen molar-refractivity contribution in [2.24, 2.45) is 0 Å². The highest BCUT2D eigenvalue weighted by Gasteiger charge is 2.16. The van der Waals surface area contributed by atoms with Gasteiger partial charge in [0.2, 0.25) is 11.2 Å². The normalized spacial score (nSPS) is 10.7. The van der Waals surface area contributed by atoms with Crippen molar-refractivity contribution in [3.63, 3.8) is 0 Å². The fraction of sp³-hybridized carbons (Fsp3) is 0.421. The fourth-order valence-corrected chi connectivity index (χ4v) is 2.81. The Labute approximate surface area is 185 Å². The van der Waals surface area contributed by atoms with Crippen molar-refractivity contribution in [2.75, 3.05) is 18.5 Å². The van der Waals surface area contributed by atoms with Crippen LogP contribution < -0.4 is 10.1 Å². The van der Waals surface area contributed by atoms with Gasteiger partial charge in [-0.25, -0.2) is 14.8 Å². The second kappa shape index (κ2) is 11.4. The number of aromatic nitrogens is 2. The molecule has 0 aliphatic heterocycles. The Hall–Kier alpha value is -1.80. The third-order valence-corrected chi connectivity index (χ3v) is 4.66. The molecule has 0 aliphatic rings. The van der Waals surface area contributed by atoms with Crippen LogP contribution in [0.4, 0.5) is 10.5 Å². The van der Waals surface area contributed by atoms with Crippen molar-refractivity contribution in [3.8, 4) is 11.6 Å². The molecule has 1 heterocycles. The number of hydrogen-bond acceptors (Lipinski definition) is 5. The van der Waals surface area contributed by atoms with Crippen LogP contribution >= 0.6 is 34.8 Å². The number of hydrogen-bond donors (Lipinski definition) is 1. The van der Waals surface area contributed by atoms with Crippen LogP contribution in [0.2, 0.25) is 15.5 Å². The number of rotatable bonds is 9. The van der Waals surface area contributed by atoms with Crippen molar-refractivity contribution in [2.45, 2.75) is 40.0 Å². The quantitative estimate of drug-likeness (QED) is 0.199. The van der Waals surface area contributed by atoms with Crippen LogP contribution in [-0.2, 0) is 4.84 Å². The average molecular weight is 462 g/mol. The first kappa shape index (κ1) is 23.5. The first-order valence-electron chi connectivity index (χ1n) is 9.24. The van der Waals surface area contributed by atoms with Gasteiger partial charge in [0.1, 0.15) is 10.8 Å². The third-order valence-electron chi connectivity index (χ3n) is 3.78. The molecule has 2 amide bonds. The molecule has 2 rings (SSSR count). The number of unbranched alkanes of at least 4 members (excludes halogenated alkanes) is 1. The topological polar surface area (TPSA) is 76.6 Å². The molecule has 0 fully saturated rings. The molecule has 1 aromatic heterocycles. The Kier molecular flexibility index (Phi) is 9.23. The molecule has 158 valence electrons. The number of halogens is 3. The van der Waals surface area contributed by atoms with Gasteiger partial charge in [-0.3, -0.25) is 4.84 Å². The minimum absolute atomic E-state index is 0.00212. The maximum absolute atomic E-state index is 12.5. The second-order valence-electron chi connectivity index (χ2n) is 6.20. The zero-order valence-corrected chi connectivity index (χ0v) is 18.7. The first-order valence-corrected chi connectivity index (χ1v) is 10.4. The zero-order chi connectivity index (χ0) is 21.4. The number of benzene rings is 1. The summed E-state index contributed by atoms with van der Waals surface area (Å²) in [6.45, 7) is 6.88. The average Bonchev–Trinajstić information content (AvgIpc) is 2.67. The Morgan fingerprint density at radius 3 is 2.59 bits per heavy atom. The van der Waals surface area contributed by atoms with Gasteiger partial charge in [0.25, 0.3) is 0 Å². The highest BCUT2D eigenvalue weighted by molar-refractivity contribution is 6.42. The first-order chi connectivity index (χ1) is 13.8. The molecule has 10 heteroatoms. The standard InChI is InChI=1S/C19H23Cl3N4O3/c1-4-6-10-28-26(9-5-2)19(27)23-13-7-8-14(12(3)11-13)29-17-15(20)16(21)24-18(22)25-17/h7-8,11H,4-6,9-10H2,1-3H3,(H,23,27). The highest BCUT2D eigenvalue weighted by Crippen LogP contribution is 2.34. The number of aryl methyl sites for hydroxylation is 1. The number of urea groups is 1. The summed E-state index contributed by atoms with van der Waals surface area (Å²) in [5.74, 6) is 0.537. The van der Waals surface area contributed by atoms with Gasteiger partial charge < -0.3 is 10.1 Å². The van der Waals surface area contributed by atoms with Gasteiger partial charge in [-0.1, -0.05) is 43.5 Å². The molecular weight excluding hydrogens is 439 g/mol. The SMILES string of the molecule is CCCCON(CCC)C(=O)Nc1ccc(Oc2nc(Cl)nc(Cl)c2Cl)c(C)c1. The van der Waals surface area contributed by atoms with E-state index in [4.69, 9.17) is 44.4 Å². The van der Waals surface area contributed by atoms with E-state index >= 15 is 0 Å². The summed E-state index contributed by atoms with van der Waals surface area (Å²) in [5, 5.41) is 4.17. The minimum atomic E-state index is -0.326. The van der Waals surface area contributed by atoms with Gasteiger partial charge in [0.05, 0.1) is 13.2 Å². The predicted molar refractivity (Wildman–Crippen MR) is 115 cm³/mol. The molecule has 0 aliphatic carbocycles. The lowest BCUT2D eigenvalue weighted by molar-refractivity contribution is -0.114. The summed E-state index contributed by atoms with van der Waals surface area (Å²) < 4.78 is 5.71. The van der Waals surface area contributed by atoms with Crippen molar-refractivity contribution in [1.82, 2.24) is 15.0 Å². The highest BCUT2D eigenvalue weighted by atomic mass is 35.5. The molecular formula is C19H23Cl3N4O3. The van der Waals surface area contributed by atoms with E-state index in [0.29, 0.717) is 24.6 Å². The molecule has 1 aromatic carbocycles. The molecule has 7 nitrogen and oxygen atoms in total.